The van der Waals surface area contributed by atoms with E-state index in [1.54, 1.807) is 7.11 Å². The molecule has 1 saturated heterocycles. The van der Waals surface area contributed by atoms with Crippen molar-refractivity contribution in [3.63, 3.8) is 0 Å². The van der Waals surface area contributed by atoms with E-state index >= 15 is 0 Å². The number of ether oxygens (including phenoxy) is 1. The molecular weight excluding hydrogens is 290 g/mol. The van der Waals surface area contributed by atoms with Crippen molar-refractivity contribution in [3.8, 4) is 5.75 Å². The highest BCUT2D eigenvalue weighted by atomic mass is 16.5. The van der Waals surface area contributed by atoms with Gasteiger partial charge in [0.05, 0.1) is 24.7 Å². The van der Waals surface area contributed by atoms with Crippen molar-refractivity contribution in [3.05, 3.63) is 28.8 Å². The van der Waals surface area contributed by atoms with Crippen LogP contribution >= 0.6 is 0 Å². The van der Waals surface area contributed by atoms with Crippen molar-refractivity contribution in [2.75, 3.05) is 7.11 Å². The molecule has 0 bridgehead atoms. The van der Waals surface area contributed by atoms with E-state index in [0.717, 1.165) is 48.8 Å². The van der Waals surface area contributed by atoms with Crippen LogP contribution in [0.15, 0.2) is 12.1 Å². The number of hydrogen-bond donors (Lipinski definition) is 2. The topological polar surface area (TPSA) is 58.6 Å². The molecule has 4 heteroatoms. The van der Waals surface area contributed by atoms with Crippen LogP contribution in [0.2, 0.25) is 0 Å². The summed E-state index contributed by atoms with van der Waals surface area (Å²) in [7, 11) is 1.63. The number of aliphatic hydroxyl groups is 1. The Morgan fingerprint density at radius 1 is 1.30 bits per heavy atom. The molecule has 1 amide bonds. The van der Waals surface area contributed by atoms with Crippen LogP contribution in [0.4, 0.5) is 0 Å². The minimum atomic E-state index is -0.683. The van der Waals surface area contributed by atoms with Gasteiger partial charge in [0, 0.05) is 5.56 Å². The molecule has 1 heterocycles. The number of nitrogens with one attached hydrogen (secondary N) is 1. The Labute approximate surface area is 138 Å². The van der Waals surface area contributed by atoms with E-state index in [1.807, 2.05) is 13.0 Å². The Hall–Kier alpha value is -1.55. The van der Waals surface area contributed by atoms with Crippen molar-refractivity contribution in [1.82, 2.24) is 5.32 Å². The summed E-state index contributed by atoms with van der Waals surface area (Å²) in [6.45, 7) is 4.10. The minimum absolute atomic E-state index is 0.0590. The van der Waals surface area contributed by atoms with Gasteiger partial charge in [0.2, 0.25) is 5.91 Å². The summed E-state index contributed by atoms with van der Waals surface area (Å²) < 4.78 is 5.56. The Balaban J connectivity index is 2.06. The molecule has 126 valence electrons. The van der Waals surface area contributed by atoms with Crippen molar-refractivity contribution in [2.45, 2.75) is 69.9 Å². The summed E-state index contributed by atoms with van der Waals surface area (Å²) in [4.78, 5) is 12.8. The van der Waals surface area contributed by atoms with E-state index in [2.05, 4.69) is 18.3 Å². The molecule has 1 aliphatic heterocycles. The first-order valence-corrected chi connectivity index (χ1v) is 8.70. The number of methoxy groups -OCH3 is 1. The van der Waals surface area contributed by atoms with Gasteiger partial charge in [0.15, 0.2) is 0 Å². The molecular formula is C19H27NO3. The predicted octanol–water partition coefficient (Wildman–Crippen LogP) is 2.84. The fourth-order valence-corrected chi connectivity index (χ4v) is 4.40. The zero-order chi connectivity index (χ0) is 16.6. The maximum Gasteiger partial charge on any atom is 0.230 e. The standard InChI is InChI=1S/C19H27NO3/c1-4-13-10-12(2)11-14(23-3)15(13)16-17(21)19(20-18(16)22)8-6-5-7-9-19/h10-11,16-17,21H,4-9H2,1-3H3,(H,20,22). The largest absolute Gasteiger partial charge is 0.496 e. The van der Waals surface area contributed by atoms with Crippen LogP contribution in [0.25, 0.3) is 0 Å². The quantitative estimate of drug-likeness (QED) is 0.901. The van der Waals surface area contributed by atoms with Gasteiger partial charge in [-0.2, -0.15) is 0 Å². The van der Waals surface area contributed by atoms with Crippen molar-refractivity contribution < 1.29 is 14.6 Å². The lowest BCUT2D eigenvalue weighted by molar-refractivity contribution is -0.121. The van der Waals surface area contributed by atoms with E-state index in [9.17, 15) is 9.90 Å². The zero-order valence-corrected chi connectivity index (χ0v) is 14.3. The Bertz CT molecular complexity index is 580. The first-order chi connectivity index (χ1) is 11.0. The molecule has 0 radical (unpaired) electrons. The summed E-state index contributed by atoms with van der Waals surface area (Å²) in [5.74, 6) is 0.128. The molecule has 0 aromatic heterocycles. The van der Waals surface area contributed by atoms with E-state index in [1.165, 1.54) is 6.42 Å². The fraction of sp³-hybridized carbons (Fsp3) is 0.632. The molecule has 1 aromatic rings. The van der Waals surface area contributed by atoms with Gasteiger partial charge in [-0.15, -0.1) is 0 Å². The number of aryl methyl sites for hydroxylation is 2. The first kappa shape index (κ1) is 16.3. The molecule has 2 fully saturated rings. The predicted molar refractivity (Wildman–Crippen MR) is 89.8 cm³/mol. The van der Waals surface area contributed by atoms with Crippen LogP contribution in [-0.4, -0.2) is 29.8 Å². The van der Waals surface area contributed by atoms with Gasteiger partial charge in [0.25, 0.3) is 0 Å². The van der Waals surface area contributed by atoms with E-state index in [-0.39, 0.29) is 5.91 Å². The lowest BCUT2D eigenvalue weighted by Crippen LogP contribution is -2.50. The Morgan fingerprint density at radius 3 is 2.61 bits per heavy atom. The SMILES string of the molecule is CCc1cc(C)cc(OC)c1C1C(=O)NC2(CCCCC2)C1O. The third kappa shape index (κ3) is 2.63. The Kier molecular flexibility index (Phi) is 4.37. The monoisotopic (exact) mass is 317 g/mol. The molecule has 2 N–H and O–H groups in total. The van der Waals surface area contributed by atoms with Crippen LogP contribution in [0.1, 0.15) is 61.6 Å². The number of benzene rings is 1. The van der Waals surface area contributed by atoms with Crippen LogP contribution in [0, 0.1) is 6.92 Å². The van der Waals surface area contributed by atoms with Crippen molar-refractivity contribution in [2.24, 2.45) is 0 Å². The molecule has 1 aliphatic carbocycles. The van der Waals surface area contributed by atoms with Crippen LogP contribution in [-0.2, 0) is 11.2 Å². The summed E-state index contributed by atoms with van der Waals surface area (Å²) in [5.41, 5.74) is 2.63. The number of hydrogen-bond acceptors (Lipinski definition) is 3. The number of aliphatic hydroxyl groups excluding tert-OH is 1. The van der Waals surface area contributed by atoms with E-state index < -0.39 is 17.6 Å². The molecule has 2 aliphatic rings. The van der Waals surface area contributed by atoms with Crippen molar-refractivity contribution in [1.29, 1.82) is 0 Å². The molecule has 2 atom stereocenters. The third-order valence-electron chi connectivity index (χ3n) is 5.57. The maximum atomic E-state index is 12.8. The molecule has 1 saturated carbocycles. The molecule has 3 rings (SSSR count). The first-order valence-electron chi connectivity index (χ1n) is 8.70. The summed E-state index contributed by atoms with van der Waals surface area (Å²) in [6.07, 6.45) is 5.18. The normalized spacial score (nSPS) is 26.3. The second-order valence-corrected chi connectivity index (χ2v) is 7.02. The molecule has 4 nitrogen and oxygen atoms in total. The minimum Gasteiger partial charge on any atom is -0.496 e. The fourth-order valence-electron chi connectivity index (χ4n) is 4.40. The highest BCUT2D eigenvalue weighted by Crippen LogP contribution is 2.45. The molecule has 2 unspecified atom stereocenters. The van der Waals surface area contributed by atoms with Crippen LogP contribution < -0.4 is 10.1 Å². The maximum absolute atomic E-state index is 12.8. The summed E-state index contributed by atoms with van der Waals surface area (Å²) >= 11 is 0. The average Bonchev–Trinajstić information content (AvgIpc) is 2.78. The molecule has 23 heavy (non-hydrogen) atoms. The molecule has 1 spiro atoms. The third-order valence-corrected chi connectivity index (χ3v) is 5.57. The number of carbonyl (C=O) groups is 1. The van der Waals surface area contributed by atoms with E-state index in [4.69, 9.17) is 4.74 Å². The zero-order valence-electron chi connectivity index (χ0n) is 14.3. The lowest BCUT2D eigenvalue weighted by atomic mass is 9.75. The van der Waals surface area contributed by atoms with E-state index in [0.29, 0.717) is 5.75 Å². The Morgan fingerprint density at radius 2 is 2.00 bits per heavy atom. The van der Waals surface area contributed by atoms with Gasteiger partial charge >= 0.3 is 0 Å². The van der Waals surface area contributed by atoms with Gasteiger partial charge in [-0.05, 0) is 43.4 Å². The lowest BCUT2D eigenvalue weighted by Gasteiger charge is -2.37. The number of amides is 1. The second-order valence-electron chi connectivity index (χ2n) is 7.02. The second kappa shape index (κ2) is 6.16. The van der Waals surface area contributed by atoms with Crippen LogP contribution in [0.3, 0.4) is 0 Å². The highest BCUT2D eigenvalue weighted by molar-refractivity contribution is 5.89. The van der Waals surface area contributed by atoms with Gasteiger partial charge in [-0.3, -0.25) is 4.79 Å². The smallest absolute Gasteiger partial charge is 0.230 e. The average molecular weight is 317 g/mol. The van der Waals surface area contributed by atoms with Gasteiger partial charge in [0.1, 0.15) is 5.75 Å². The van der Waals surface area contributed by atoms with Crippen LogP contribution in [0.5, 0.6) is 5.75 Å². The summed E-state index contributed by atoms with van der Waals surface area (Å²) in [5, 5.41) is 14.2. The van der Waals surface area contributed by atoms with Gasteiger partial charge < -0.3 is 15.2 Å². The number of rotatable bonds is 3. The van der Waals surface area contributed by atoms with Gasteiger partial charge in [-0.1, -0.05) is 32.3 Å². The van der Waals surface area contributed by atoms with Gasteiger partial charge in [-0.25, -0.2) is 0 Å². The number of carbonyl (C=O) groups excluding carboxylic acids is 1. The molecule has 1 aromatic carbocycles. The summed E-state index contributed by atoms with van der Waals surface area (Å²) in [6, 6.07) is 4.06. The van der Waals surface area contributed by atoms with Crippen molar-refractivity contribution >= 4 is 5.91 Å². The highest BCUT2D eigenvalue weighted by Gasteiger charge is 2.54.